The molecule has 0 spiro atoms. The second-order valence-corrected chi connectivity index (χ2v) is 16.7. The number of likely N-dealkylation sites (tertiary alicyclic amines) is 2. The lowest BCUT2D eigenvalue weighted by Gasteiger charge is -2.18. The summed E-state index contributed by atoms with van der Waals surface area (Å²) < 4.78 is 0. The Balaban J connectivity index is 0.842. The lowest BCUT2D eigenvalue weighted by atomic mass is 9.94. The fraction of sp³-hybridized carbons (Fsp3) is 0.455. The highest BCUT2D eigenvalue weighted by Crippen LogP contribution is 2.42. The average molecular weight is 757 g/mol. The average Bonchev–Trinajstić information content (AvgIpc) is 4.08. The van der Waals surface area contributed by atoms with Gasteiger partial charge in [-0.2, -0.15) is 0 Å². The van der Waals surface area contributed by atoms with Crippen LogP contribution < -0.4 is 21.3 Å². The van der Waals surface area contributed by atoms with Crippen molar-refractivity contribution >= 4 is 35.4 Å². The van der Waals surface area contributed by atoms with Crippen molar-refractivity contribution in [2.75, 3.05) is 26.2 Å². The molecule has 3 aromatic carbocycles. The van der Waals surface area contributed by atoms with E-state index in [1.54, 1.807) is 34.1 Å². The number of nitrogens with zero attached hydrogens (tertiary/aromatic N) is 2. The Morgan fingerprint density at radius 1 is 0.429 bits per heavy atom. The minimum absolute atomic E-state index is 0.000186. The topological polar surface area (TPSA) is 157 Å². The van der Waals surface area contributed by atoms with Crippen molar-refractivity contribution in [2.45, 2.75) is 74.5 Å². The lowest BCUT2D eigenvalue weighted by Crippen LogP contribution is -2.43. The van der Waals surface area contributed by atoms with E-state index in [0.29, 0.717) is 11.1 Å². The minimum atomic E-state index is -0.676. The molecule has 56 heavy (non-hydrogen) atoms. The third kappa shape index (κ3) is 7.79. The van der Waals surface area contributed by atoms with E-state index in [1.807, 2.05) is 36.4 Å². The fourth-order valence-corrected chi connectivity index (χ4v) is 8.62. The first-order valence-electron chi connectivity index (χ1n) is 20.2. The van der Waals surface area contributed by atoms with Crippen molar-refractivity contribution in [1.29, 1.82) is 0 Å². The number of carbonyl (C=O) groups is 6. The molecule has 0 unspecified atom stereocenters. The van der Waals surface area contributed by atoms with Crippen molar-refractivity contribution in [2.24, 2.45) is 23.7 Å². The fourth-order valence-electron chi connectivity index (χ4n) is 8.62. The summed E-state index contributed by atoms with van der Waals surface area (Å²) in [5.74, 6) is -3.66. The molecule has 290 valence electrons. The van der Waals surface area contributed by atoms with Gasteiger partial charge in [-0.1, -0.05) is 60.7 Å². The Bertz CT molecular complexity index is 1870. The maximum absolute atomic E-state index is 13.8. The molecule has 4 aliphatic carbocycles. The number of hydrogen-bond acceptors (Lipinski definition) is 6. The number of amides is 6. The summed E-state index contributed by atoms with van der Waals surface area (Å²) in [5, 5.41) is 12.4. The third-order valence-corrected chi connectivity index (χ3v) is 12.5. The normalized spacial score (nSPS) is 28.9. The maximum Gasteiger partial charge on any atom is 0.253 e. The Hall–Kier alpha value is -5.52. The summed E-state index contributed by atoms with van der Waals surface area (Å²) in [7, 11) is 0. The molecule has 6 fully saturated rings. The van der Waals surface area contributed by atoms with Gasteiger partial charge in [0.25, 0.3) is 11.8 Å². The van der Waals surface area contributed by atoms with E-state index < -0.39 is 23.7 Å². The highest BCUT2D eigenvalue weighted by Gasteiger charge is 2.49. The number of nitrogens with one attached hydrogen (secondary N) is 4. The van der Waals surface area contributed by atoms with Gasteiger partial charge >= 0.3 is 0 Å². The van der Waals surface area contributed by atoms with Gasteiger partial charge in [0.2, 0.25) is 23.6 Å². The summed E-state index contributed by atoms with van der Waals surface area (Å²) in [6.07, 6.45) is 5.34. The molecule has 0 aromatic heterocycles. The lowest BCUT2D eigenvalue weighted by molar-refractivity contribution is -0.133. The molecule has 2 heterocycles. The quantitative estimate of drug-likeness (QED) is 0.223. The van der Waals surface area contributed by atoms with Crippen LogP contribution in [0, 0.1) is 23.7 Å². The Morgan fingerprint density at radius 3 is 1.07 bits per heavy atom. The molecule has 4 saturated carbocycles. The monoisotopic (exact) mass is 756 g/mol. The van der Waals surface area contributed by atoms with Gasteiger partial charge in [-0.15, -0.1) is 0 Å². The van der Waals surface area contributed by atoms with Crippen molar-refractivity contribution < 1.29 is 28.8 Å². The third-order valence-electron chi connectivity index (χ3n) is 12.5. The van der Waals surface area contributed by atoms with Crippen LogP contribution in [0.2, 0.25) is 0 Å². The van der Waals surface area contributed by atoms with Crippen LogP contribution in [-0.4, -0.2) is 95.6 Å². The highest BCUT2D eigenvalue weighted by molar-refractivity contribution is 6.00. The van der Waals surface area contributed by atoms with E-state index in [0.717, 1.165) is 38.5 Å². The first-order valence-corrected chi connectivity index (χ1v) is 20.2. The van der Waals surface area contributed by atoms with Crippen LogP contribution in [0.5, 0.6) is 0 Å². The molecule has 2 saturated heterocycles. The summed E-state index contributed by atoms with van der Waals surface area (Å²) >= 11 is 0. The van der Waals surface area contributed by atoms with Crippen molar-refractivity contribution in [1.82, 2.24) is 31.1 Å². The van der Waals surface area contributed by atoms with Gasteiger partial charge in [-0.25, -0.2) is 0 Å². The number of hydrogen-bond donors (Lipinski definition) is 4. The summed E-state index contributed by atoms with van der Waals surface area (Å²) in [5.41, 5.74) is 3.03. The van der Waals surface area contributed by atoms with Crippen molar-refractivity contribution in [3.63, 3.8) is 0 Å². The number of carbonyl (C=O) groups excluding carboxylic acids is 6. The van der Waals surface area contributed by atoms with Crippen LogP contribution in [0.3, 0.4) is 0 Å². The second kappa shape index (κ2) is 14.9. The standard InChI is InChI=1S/C44H48N6O6/c51-39(45-29-15-16-29)33-21-49(23-35(33)41(53)47-37-19-31(37)25-7-3-1-4-8-25)43(55)27-11-13-28(14-12-27)44(56)50-22-34(40(52)46-30-17-18-30)36(24-50)42(54)48-38-20-32(38)26-9-5-2-6-10-26/h1-14,29-38H,15-24H2,(H,45,51)(H,46,52)(H,47,53)(H,48,54)/t31-,32-,33-,34-,35-,36-,37+,38+/m0/s1. The van der Waals surface area contributed by atoms with Crippen LogP contribution in [-0.2, 0) is 19.2 Å². The second-order valence-electron chi connectivity index (χ2n) is 16.7. The first-order chi connectivity index (χ1) is 27.2. The first kappa shape index (κ1) is 36.1. The molecule has 6 aliphatic rings. The van der Waals surface area contributed by atoms with Crippen LogP contribution in [0.1, 0.15) is 82.2 Å². The molecular formula is C44H48N6O6. The molecule has 0 radical (unpaired) electrons. The maximum atomic E-state index is 13.8. The Morgan fingerprint density at radius 2 is 0.750 bits per heavy atom. The summed E-state index contributed by atoms with van der Waals surface area (Å²) in [6, 6.07) is 26.7. The Labute approximate surface area is 326 Å². The molecule has 9 rings (SSSR count). The zero-order chi connectivity index (χ0) is 38.5. The predicted molar refractivity (Wildman–Crippen MR) is 206 cm³/mol. The molecule has 12 heteroatoms. The summed E-state index contributed by atoms with van der Waals surface area (Å²) in [6.45, 7) is 0.478. The van der Waals surface area contributed by atoms with Gasteiger partial charge in [0, 0.05) is 73.3 Å². The van der Waals surface area contributed by atoms with Gasteiger partial charge in [0.05, 0.1) is 23.7 Å². The molecule has 3 aromatic rings. The van der Waals surface area contributed by atoms with Crippen LogP contribution in [0.25, 0.3) is 0 Å². The smallest absolute Gasteiger partial charge is 0.253 e. The molecule has 2 aliphatic heterocycles. The van der Waals surface area contributed by atoms with Crippen molar-refractivity contribution in [3.8, 4) is 0 Å². The van der Waals surface area contributed by atoms with Crippen LogP contribution in [0.4, 0.5) is 0 Å². The van der Waals surface area contributed by atoms with Crippen LogP contribution >= 0.6 is 0 Å². The largest absolute Gasteiger partial charge is 0.353 e. The van der Waals surface area contributed by atoms with Gasteiger partial charge < -0.3 is 31.1 Å². The van der Waals surface area contributed by atoms with Crippen molar-refractivity contribution in [3.05, 3.63) is 107 Å². The Kier molecular flexibility index (Phi) is 9.59. The predicted octanol–water partition coefficient (Wildman–Crippen LogP) is 2.96. The summed E-state index contributed by atoms with van der Waals surface area (Å²) in [4.78, 5) is 84.8. The van der Waals surface area contributed by atoms with Crippen LogP contribution in [0.15, 0.2) is 84.9 Å². The zero-order valence-electron chi connectivity index (χ0n) is 31.3. The van der Waals surface area contributed by atoms with E-state index >= 15 is 0 Å². The van der Waals surface area contributed by atoms with E-state index in [4.69, 9.17) is 0 Å². The van der Waals surface area contributed by atoms with E-state index in [2.05, 4.69) is 45.5 Å². The molecule has 6 amide bonds. The van der Waals surface area contributed by atoms with Gasteiger partial charge in [-0.3, -0.25) is 28.8 Å². The van der Waals surface area contributed by atoms with Gasteiger partial charge in [0.1, 0.15) is 0 Å². The molecule has 4 N–H and O–H groups in total. The van der Waals surface area contributed by atoms with E-state index in [-0.39, 0.29) is 97.6 Å². The molecule has 0 bridgehead atoms. The number of rotatable bonds is 12. The van der Waals surface area contributed by atoms with Gasteiger partial charge in [0.15, 0.2) is 0 Å². The number of benzene rings is 3. The molecular weight excluding hydrogens is 709 g/mol. The SMILES string of the molecule is O=C(NC1CC1)[C@H]1CN(C(=O)c2ccc(C(=O)N3C[C@H](C(=O)NC4CC4)[C@@H](C(=O)N[C@@H]4C[C@H]4c4ccccc4)C3)cc2)C[C@@H]1C(=O)N[C@@H]1C[C@H]1c1ccccc1. The highest BCUT2D eigenvalue weighted by atomic mass is 16.2. The minimum Gasteiger partial charge on any atom is -0.353 e. The van der Waals surface area contributed by atoms with E-state index in [9.17, 15) is 28.8 Å². The molecule has 12 nitrogen and oxygen atoms in total. The van der Waals surface area contributed by atoms with Gasteiger partial charge in [-0.05, 0) is 73.9 Å². The zero-order valence-corrected chi connectivity index (χ0v) is 31.3. The molecule has 8 atom stereocenters. The van der Waals surface area contributed by atoms with E-state index in [1.165, 1.54) is 11.1 Å².